The van der Waals surface area contributed by atoms with Crippen molar-refractivity contribution in [2.45, 2.75) is 32.2 Å². The predicted molar refractivity (Wildman–Crippen MR) is 52.9 cm³/mol. The maximum Gasteiger partial charge on any atom is 0.0627 e. The summed E-state index contributed by atoms with van der Waals surface area (Å²) in [7, 11) is 0. The molecule has 0 radical (unpaired) electrons. The lowest BCUT2D eigenvalue weighted by Crippen LogP contribution is -2.18. The first-order valence-electron chi connectivity index (χ1n) is 4.39. The summed E-state index contributed by atoms with van der Waals surface area (Å²) in [6.07, 6.45) is 3.22. The van der Waals surface area contributed by atoms with E-state index in [0.717, 1.165) is 17.9 Å². The predicted octanol–water partition coefficient (Wildman–Crippen LogP) is 1.76. The Bertz CT molecular complexity index is 179. The second-order valence-electron chi connectivity index (χ2n) is 3.83. The van der Waals surface area contributed by atoms with Crippen LogP contribution >= 0.6 is 11.8 Å². The number of rotatable bonds is 5. The van der Waals surface area contributed by atoms with Gasteiger partial charge in [-0.05, 0) is 30.9 Å². The average Bonchev–Trinajstić information content (AvgIpc) is 2.69. The summed E-state index contributed by atoms with van der Waals surface area (Å²) in [4.78, 5) is 0. The van der Waals surface area contributed by atoms with Crippen LogP contribution in [0.25, 0.3) is 0 Å². The van der Waals surface area contributed by atoms with Crippen molar-refractivity contribution in [2.75, 3.05) is 11.5 Å². The van der Waals surface area contributed by atoms with Crippen molar-refractivity contribution in [1.82, 2.24) is 0 Å². The molecule has 1 rings (SSSR count). The van der Waals surface area contributed by atoms with Gasteiger partial charge in [0.1, 0.15) is 0 Å². The van der Waals surface area contributed by atoms with Crippen molar-refractivity contribution in [1.29, 1.82) is 5.26 Å². The number of thioether (sulfide) groups is 1. The Morgan fingerprint density at radius 1 is 1.67 bits per heavy atom. The molecule has 1 atom stereocenters. The monoisotopic (exact) mass is 184 g/mol. The van der Waals surface area contributed by atoms with Gasteiger partial charge in [-0.2, -0.15) is 17.0 Å². The second-order valence-corrected chi connectivity index (χ2v) is 4.86. The number of hydrogen-bond donors (Lipinski definition) is 1. The topological polar surface area (TPSA) is 49.8 Å². The molecule has 0 amide bonds. The molecule has 1 aliphatic carbocycles. The molecule has 68 valence electrons. The van der Waals surface area contributed by atoms with E-state index < -0.39 is 0 Å². The highest BCUT2D eigenvalue weighted by Gasteiger charge is 2.41. The third kappa shape index (κ3) is 3.04. The van der Waals surface area contributed by atoms with Gasteiger partial charge in [-0.1, -0.05) is 0 Å². The van der Waals surface area contributed by atoms with Crippen LogP contribution in [-0.4, -0.2) is 17.5 Å². The van der Waals surface area contributed by atoms with Gasteiger partial charge in [-0.15, -0.1) is 0 Å². The Morgan fingerprint density at radius 3 is 2.75 bits per heavy atom. The summed E-state index contributed by atoms with van der Waals surface area (Å²) in [5, 5.41) is 8.57. The largest absolute Gasteiger partial charge is 0.327 e. The van der Waals surface area contributed by atoms with Crippen LogP contribution in [0.5, 0.6) is 0 Å². The van der Waals surface area contributed by atoms with Crippen molar-refractivity contribution in [3.8, 4) is 6.07 Å². The maximum atomic E-state index is 8.57. The molecule has 1 saturated carbocycles. The normalized spacial score (nSPS) is 21.4. The first-order valence-corrected chi connectivity index (χ1v) is 5.54. The Balaban J connectivity index is 2.11. The van der Waals surface area contributed by atoms with Crippen LogP contribution in [0, 0.1) is 16.7 Å². The molecule has 2 N–H and O–H groups in total. The fourth-order valence-electron chi connectivity index (χ4n) is 1.18. The van der Waals surface area contributed by atoms with Gasteiger partial charge < -0.3 is 5.73 Å². The molecule has 2 nitrogen and oxygen atoms in total. The van der Waals surface area contributed by atoms with Gasteiger partial charge in [-0.3, -0.25) is 0 Å². The van der Waals surface area contributed by atoms with Crippen LogP contribution in [0.15, 0.2) is 0 Å². The molecule has 0 aromatic heterocycles. The molecular formula is C9H16N2S. The van der Waals surface area contributed by atoms with Gasteiger partial charge in [-0.25, -0.2) is 0 Å². The Hall–Kier alpha value is -0.200. The van der Waals surface area contributed by atoms with Crippen LogP contribution in [-0.2, 0) is 0 Å². The summed E-state index contributed by atoms with van der Waals surface area (Å²) in [5.74, 6) is 2.15. The molecule has 0 aromatic carbocycles. The fourth-order valence-corrected chi connectivity index (χ4v) is 2.49. The number of nitrogens with two attached hydrogens (primary N) is 1. The zero-order chi connectivity index (χ0) is 9.03. The van der Waals surface area contributed by atoms with E-state index in [4.69, 9.17) is 11.0 Å². The lowest BCUT2D eigenvalue weighted by molar-refractivity contribution is 0.603. The van der Waals surface area contributed by atoms with E-state index in [1.165, 1.54) is 12.8 Å². The number of nitriles is 1. The van der Waals surface area contributed by atoms with Crippen LogP contribution in [0.4, 0.5) is 0 Å². The van der Waals surface area contributed by atoms with Crippen molar-refractivity contribution < 1.29 is 0 Å². The summed E-state index contributed by atoms with van der Waals surface area (Å²) >= 11 is 1.89. The second kappa shape index (κ2) is 4.15. The minimum Gasteiger partial charge on any atom is -0.327 e. The molecule has 1 unspecified atom stereocenters. The SMILES string of the molecule is CC(N)CSCC1(CC#N)CC1. The highest BCUT2D eigenvalue weighted by Crippen LogP contribution is 2.50. The highest BCUT2D eigenvalue weighted by molar-refractivity contribution is 7.99. The van der Waals surface area contributed by atoms with E-state index in [1.54, 1.807) is 0 Å². The Morgan fingerprint density at radius 2 is 2.33 bits per heavy atom. The molecule has 12 heavy (non-hydrogen) atoms. The zero-order valence-corrected chi connectivity index (χ0v) is 8.36. The smallest absolute Gasteiger partial charge is 0.0627 e. The van der Waals surface area contributed by atoms with E-state index >= 15 is 0 Å². The molecule has 0 aromatic rings. The van der Waals surface area contributed by atoms with Crippen LogP contribution in [0.3, 0.4) is 0 Å². The third-order valence-corrected chi connectivity index (χ3v) is 3.78. The van der Waals surface area contributed by atoms with E-state index in [0.29, 0.717) is 5.41 Å². The van der Waals surface area contributed by atoms with Crippen molar-refractivity contribution in [3.63, 3.8) is 0 Å². The average molecular weight is 184 g/mol. The van der Waals surface area contributed by atoms with Crippen molar-refractivity contribution >= 4 is 11.8 Å². The molecular weight excluding hydrogens is 168 g/mol. The number of hydrogen-bond acceptors (Lipinski definition) is 3. The number of nitrogens with zero attached hydrogens (tertiary/aromatic N) is 1. The lowest BCUT2D eigenvalue weighted by atomic mass is 10.1. The summed E-state index contributed by atoms with van der Waals surface area (Å²) in [6.45, 7) is 2.02. The lowest BCUT2D eigenvalue weighted by Gasteiger charge is -2.10. The fraction of sp³-hybridized carbons (Fsp3) is 0.889. The van der Waals surface area contributed by atoms with Gasteiger partial charge in [0.15, 0.2) is 0 Å². The van der Waals surface area contributed by atoms with Crippen LogP contribution in [0.2, 0.25) is 0 Å². The minimum atomic E-state index is 0.285. The Kier molecular flexibility index (Phi) is 3.42. The third-order valence-electron chi connectivity index (χ3n) is 2.20. The van der Waals surface area contributed by atoms with E-state index in [9.17, 15) is 0 Å². The van der Waals surface area contributed by atoms with Gasteiger partial charge in [0, 0.05) is 18.2 Å². The maximum absolute atomic E-state index is 8.57. The summed E-state index contributed by atoms with van der Waals surface area (Å²) in [5.41, 5.74) is 6.01. The van der Waals surface area contributed by atoms with Gasteiger partial charge >= 0.3 is 0 Å². The van der Waals surface area contributed by atoms with E-state index in [1.807, 2.05) is 18.7 Å². The molecule has 0 spiro atoms. The zero-order valence-electron chi connectivity index (χ0n) is 7.55. The molecule has 3 heteroatoms. The van der Waals surface area contributed by atoms with Crippen LogP contribution < -0.4 is 5.73 Å². The standard InChI is InChI=1S/C9H16N2S/c1-8(11)6-12-7-9(2-3-9)4-5-10/h8H,2-4,6-7,11H2,1H3. The molecule has 0 saturated heterocycles. The van der Waals surface area contributed by atoms with Gasteiger partial charge in [0.25, 0.3) is 0 Å². The summed E-state index contributed by atoms with van der Waals surface area (Å²) in [6, 6.07) is 2.55. The van der Waals surface area contributed by atoms with Gasteiger partial charge in [0.2, 0.25) is 0 Å². The quantitative estimate of drug-likeness (QED) is 0.708. The first-order chi connectivity index (χ1) is 5.68. The van der Waals surface area contributed by atoms with E-state index in [-0.39, 0.29) is 6.04 Å². The van der Waals surface area contributed by atoms with Crippen molar-refractivity contribution in [2.24, 2.45) is 11.1 Å². The summed E-state index contributed by atoms with van der Waals surface area (Å²) < 4.78 is 0. The highest BCUT2D eigenvalue weighted by atomic mass is 32.2. The van der Waals surface area contributed by atoms with Crippen LogP contribution in [0.1, 0.15) is 26.2 Å². The van der Waals surface area contributed by atoms with Crippen molar-refractivity contribution in [3.05, 3.63) is 0 Å². The molecule has 0 bridgehead atoms. The van der Waals surface area contributed by atoms with E-state index in [2.05, 4.69) is 6.07 Å². The Labute approximate surface area is 78.5 Å². The molecule has 0 aliphatic heterocycles. The minimum absolute atomic E-state index is 0.285. The molecule has 1 fully saturated rings. The van der Waals surface area contributed by atoms with Gasteiger partial charge in [0.05, 0.1) is 6.07 Å². The molecule has 0 heterocycles. The molecule has 1 aliphatic rings. The first kappa shape index (κ1) is 9.88.